The highest BCUT2D eigenvalue weighted by molar-refractivity contribution is 7.80. The van der Waals surface area contributed by atoms with Crippen molar-refractivity contribution in [3.8, 4) is 10.4 Å². The van der Waals surface area contributed by atoms with Gasteiger partial charge in [-0.05, 0) is 23.8 Å². The van der Waals surface area contributed by atoms with Crippen LogP contribution in [0.2, 0.25) is 0 Å². The molecular formula is C16H16N2O2S2. The highest BCUT2D eigenvalue weighted by Crippen LogP contribution is 2.35. The summed E-state index contributed by atoms with van der Waals surface area (Å²) in [5.74, 6) is -0.396. The number of benzene rings is 1. The Morgan fingerprint density at radius 2 is 2.14 bits per heavy atom. The summed E-state index contributed by atoms with van der Waals surface area (Å²) in [5, 5.41) is 7.11. The second kappa shape index (κ2) is 7.72. The summed E-state index contributed by atoms with van der Waals surface area (Å²) in [5.41, 5.74) is 1.50. The van der Waals surface area contributed by atoms with Crippen molar-refractivity contribution in [3.05, 3.63) is 54.6 Å². The standard InChI is InChI=1S/C16H16N2O2S2/c1-3-9-17-16(21)18-14-12(15(19)20-2)10-13(22-14)11-7-5-4-6-8-11/h3-8,10H,1,9H2,2H3,(H2,17,18,21). The molecule has 0 unspecified atom stereocenters. The van der Waals surface area contributed by atoms with Crippen LogP contribution in [0.1, 0.15) is 10.4 Å². The lowest BCUT2D eigenvalue weighted by molar-refractivity contribution is 0.0602. The van der Waals surface area contributed by atoms with Gasteiger partial charge in [-0.2, -0.15) is 0 Å². The van der Waals surface area contributed by atoms with Crippen LogP contribution in [0.15, 0.2) is 49.1 Å². The summed E-state index contributed by atoms with van der Waals surface area (Å²) in [4.78, 5) is 12.9. The third-order valence-electron chi connectivity index (χ3n) is 2.83. The van der Waals surface area contributed by atoms with E-state index in [9.17, 15) is 4.79 Å². The smallest absolute Gasteiger partial charge is 0.340 e. The van der Waals surface area contributed by atoms with E-state index in [2.05, 4.69) is 17.2 Å². The number of carbonyl (C=O) groups excluding carboxylic acids is 1. The molecule has 1 aromatic heterocycles. The molecule has 4 nitrogen and oxygen atoms in total. The Morgan fingerprint density at radius 1 is 1.41 bits per heavy atom. The van der Waals surface area contributed by atoms with Gasteiger partial charge in [0, 0.05) is 11.4 Å². The van der Waals surface area contributed by atoms with Gasteiger partial charge in [0.2, 0.25) is 0 Å². The number of hydrogen-bond acceptors (Lipinski definition) is 4. The first-order valence-electron chi connectivity index (χ1n) is 6.59. The number of ether oxygens (including phenoxy) is 1. The Bertz CT molecular complexity index is 681. The molecule has 0 amide bonds. The minimum atomic E-state index is -0.396. The molecule has 0 fully saturated rings. The van der Waals surface area contributed by atoms with Gasteiger partial charge in [-0.15, -0.1) is 17.9 Å². The molecule has 0 saturated heterocycles. The van der Waals surface area contributed by atoms with Crippen LogP contribution in [-0.2, 0) is 4.74 Å². The molecule has 0 bridgehead atoms. The largest absolute Gasteiger partial charge is 0.465 e. The molecule has 0 radical (unpaired) electrons. The molecular weight excluding hydrogens is 316 g/mol. The molecule has 2 rings (SSSR count). The van der Waals surface area contributed by atoms with E-state index in [1.807, 2.05) is 36.4 Å². The molecule has 0 atom stereocenters. The van der Waals surface area contributed by atoms with Crippen LogP contribution >= 0.6 is 23.6 Å². The first-order valence-corrected chi connectivity index (χ1v) is 7.81. The quantitative estimate of drug-likeness (QED) is 0.497. The zero-order chi connectivity index (χ0) is 15.9. The molecule has 6 heteroatoms. The topological polar surface area (TPSA) is 50.4 Å². The Balaban J connectivity index is 2.30. The maximum atomic E-state index is 11.9. The first kappa shape index (κ1) is 16.2. The predicted octanol–water partition coefficient (Wildman–Crippen LogP) is 3.67. The summed E-state index contributed by atoms with van der Waals surface area (Å²) in [6, 6.07) is 11.7. The van der Waals surface area contributed by atoms with Gasteiger partial charge in [0.1, 0.15) is 5.00 Å². The van der Waals surface area contributed by atoms with E-state index in [0.717, 1.165) is 10.4 Å². The number of hydrogen-bond donors (Lipinski definition) is 2. The number of nitrogens with one attached hydrogen (secondary N) is 2. The lowest BCUT2D eigenvalue weighted by Gasteiger charge is -2.08. The molecule has 1 heterocycles. The van der Waals surface area contributed by atoms with Crippen molar-refractivity contribution in [2.45, 2.75) is 0 Å². The fourth-order valence-electron chi connectivity index (χ4n) is 1.80. The van der Waals surface area contributed by atoms with Crippen molar-refractivity contribution in [2.24, 2.45) is 0 Å². The number of thiophene rings is 1. The maximum absolute atomic E-state index is 11.9. The highest BCUT2D eigenvalue weighted by atomic mass is 32.1. The minimum Gasteiger partial charge on any atom is -0.465 e. The zero-order valence-corrected chi connectivity index (χ0v) is 13.7. The van der Waals surface area contributed by atoms with Crippen LogP contribution in [0.5, 0.6) is 0 Å². The Morgan fingerprint density at radius 3 is 2.77 bits per heavy atom. The Kier molecular flexibility index (Phi) is 5.68. The lowest BCUT2D eigenvalue weighted by atomic mass is 10.1. The van der Waals surface area contributed by atoms with E-state index in [4.69, 9.17) is 17.0 Å². The van der Waals surface area contributed by atoms with Crippen LogP contribution in [0.4, 0.5) is 5.00 Å². The Labute approximate surface area is 138 Å². The van der Waals surface area contributed by atoms with Crippen molar-refractivity contribution >= 4 is 39.6 Å². The van der Waals surface area contributed by atoms with E-state index in [1.54, 1.807) is 6.08 Å². The van der Waals surface area contributed by atoms with Gasteiger partial charge in [0.05, 0.1) is 12.7 Å². The number of anilines is 1. The van der Waals surface area contributed by atoms with Crippen molar-refractivity contribution in [1.82, 2.24) is 5.32 Å². The number of esters is 1. The van der Waals surface area contributed by atoms with Gasteiger partial charge in [0.15, 0.2) is 5.11 Å². The fourth-order valence-corrected chi connectivity index (χ4v) is 3.11. The van der Waals surface area contributed by atoms with Crippen LogP contribution < -0.4 is 10.6 Å². The second-order valence-corrected chi connectivity index (χ2v) is 5.80. The van der Waals surface area contributed by atoms with Gasteiger partial charge >= 0.3 is 5.97 Å². The first-order chi connectivity index (χ1) is 10.7. The predicted molar refractivity (Wildman–Crippen MR) is 95.5 cm³/mol. The van der Waals surface area contributed by atoms with E-state index in [-0.39, 0.29) is 0 Å². The van der Waals surface area contributed by atoms with Crippen LogP contribution in [0.25, 0.3) is 10.4 Å². The molecule has 0 aliphatic rings. The number of carbonyl (C=O) groups is 1. The van der Waals surface area contributed by atoms with Gasteiger partial charge < -0.3 is 15.4 Å². The zero-order valence-electron chi connectivity index (χ0n) is 12.1. The summed E-state index contributed by atoms with van der Waals surface area (Å²) in [6.45, 7) is 4.17. The third kappa shape index (κ3) is 3.93. The summed E-state index contributed by atoms with van der Waals surface area (Å²) >= 11 is 6.65. The highest BCUT2D eigenvalue weighted by Gasteiger charge is 2.18. The monoisotopic (exact) mass is 332 g/mol. The van der Waals surface area contributed by atoms with Gasteiger partial charge in [0.25, 0.3) is 0 Å². The molecule has 1 aromatic carbocycles. The average Bonchev–Trinajstić information content (AvgIpc) is 2.96. The summed E-state index contributed by atoms with van der Waals surface area (Å²) in [7, 11) is 1.36. The average molecular weight is 332 g/mol. The molecule has 22 heavy (non-hydrogen) atoms. The van der Waals surface area contributed by atoms with Gasteiger partial charge in [-0.1, -0.05) is 36.4 Å². The SMILES string of the molecule is C=CCNC(=S)Nc1sc(-c2ccccc2)cc1C(=O)OC. The Hall–Kier alpha value is -2.18. The lowest BCUT2D eigenvalue weighted by Crippen LogP contribution is -2.28. The summed E-state index contributed by atoms with van der Waals surface area (Å²) < 4.78 is 4.84. The minimum absolute atomic E-state index is 0.396. The molecule has 0 spiro atoms. The van der Waals surface area contributed by atoms with E-state index >= 15 is 0 Å². The maximum Gasteiger partial charge on any atom is 0.340 e. The normalized spacial score (nSPS) is 9.86. The van der Waals surface area contributed by atoms with Crippen molar-refractivity contribution in [1.29, 1.82) is 0 Å². The van der Waals surface area contributed by atoms with Crippen LogP contribution in [0, 0.1) is 0 Å². The van der Waals surface area contributed by atoms with E-state index in [1.165, 1.54) is 18.4 Å². The van der Waals surface area contributed by atoms with Gasteiger partial charge in [-0.3, -0.25) is 0 Å². The molecule has 2 N–H and O–H groups in total. The number of methoxy groups -OCH3 is 1. The second-order valence-electron chi connectivity index (χ2n) is 4.33. The van der Waals surface area contributed by atoms with Gasteiger partial charge in [-0.25, -0.2) is 4.79 Å². The molecule has 2 aromatic rings. The van der Waals surface area contributed by atoms with E-state index < -0.39 is 5.97 Å². The third-order valence-corrected chi connectivity index (χ3v) is 4.18. The van der Waals surface area contributed by atoms with E-state index in [0.29, 0.717) is 22.2 Å². The number of thiocarbonyl (C=S) groups is 1. The molecule has 114 valence electrons. The molecule has 0 aliphatic carbocycles. The molecule has 0 saturated carbocycles. The summed E-state index contributed by atoms with van der Waals surface area (Å²) in [6.07, 6.45) is 1.71. The van der Waals surface area contributed by atoms with Crippen molar-refractivity contribution < 1.29 is 9.53 Å². The van der Waals surface area contributed by atoms with Crippen molar-refractivity contribution in [2.75, 3.05) is 19.0 Å². The van der Waals surface area contributed by atoms with Crippen molar-refractivity contribution in [3.63, 3.8) is 0 Å². The van der Waals surface area contributed by atoms with Crippen LogP contribution in [-0.4, -0.2) is 24.7 Å². The fraction of sp³-hybridized carbons (Fsp3) is 0.125. The molecule has 0 aliphatic heterocycles. The van der Waals surface area contributed by atoms with Crippen LogP contribution in [0.3, 0.4) is 0 Å². The number of rotatable bonds is 5.